The van der Waals surface area contributed by atoms with E-state index >= 15 is 0 Å². The van der Waals surface area contributed by atoms with Crippen LogP contribution in [0.3, 0.4) is 0 Å². The van der Waals surface area contributed by atoms with E-state index in [9.17, 15) is 14.7 Å². The first-order valence-electron chi connectivity index (χ1n) is 7.06. The third kappa shape index (κ3) is 1.66. The first-order valence-corrected chi connectivity index (χ1v) is 7.06. The minimum atomic E-state index is -1.02. The molecule has 5 nitrogen and oxygen atoms in total. The van der Waals surface area contributed by atoms with Crippen LogP contribution in [-0.4, -0.2) is 47.7 Å². The zero-order valence-corrected chi connectivity index (χ0v) is 11.5. The highest BCUT2D eigenvalue weighted by Crippen LogP contribution is 2.48. The van der Waals surface area contributed by atoms with Crippen molar-refractivity contribution in [2.45, 2.75) is 37.8 Å². The smallest absolute Gasteiger partial charge is 0.316 e. The lowest BCUT2D eigenvalue weighted by Gasteiger charge is -2.48. The molecule has 0 saturated carbocycles. The minimum Gasteiger partial charge on any atom is -0.468 e. The summed E-state index contributed by atoms with van der Waals surface area (Å²) in [7, 11) is 1.34. The van der Waals surface area contributed by atoms with Crippen molar-refractivity contribution in [3.63, 3.8) is 0 Å². The third-order valence-electron chi connectivity index (χ3n) is 4.79. The van der Waals surface area contributed by atoms with E-state index in [1.54, 1.807) is 17.1 Å². The number of rotatable bonds is 1. The van der Waals surface area contributed by atoms with Crippen molar-refractivity contribution in [2.24, 2.45) is 5.41 Å². The number of nitrogens with zero attached hydrogens (tertiary/aromatic N) is 1. The van der Waals surface area contributed by atoms with E-state index in [0.29, 0.717) is 32.2 Å². The van der Waals surface area contributed by atoms with Gasteiger partial charge in [0.2, 0.25) is 5.91 Å². The van der Waals surface area contributed by atoms with Gasteiger partial charge in [0.05, 0.1) is 19.3 Å². The molecule has 0 radical (unpaired) electrons. The topological polar surface area (TPSA) is 66.8 Å². The Morgan fingerprint density at radius 1 is 1.50 bits per heavy atom. The Balaban J connectivity index is 2.17. The number of ether oxygens (including phenoxy) is 1. The van der Waals surface area contributed by atoms with Gasteiger partial charge in [-0.2, -0.15) is 0 Å². The van der Waals surface area contributed by atoms with E-state index in [0.717, 1.165) is 5.57 Å². The molecule has 3 aliphatic rings. The van der Waals surface area contributed by atoms with Gasteiger partial charge in [0.15, 0.2) is 0 Å². The monoisotopic (exact) mass is 277 g/mol. The zero-order chi connectivity index (χ0) is 14.3. The van der Waals surface area contributed by atoms with Crippen LogP contribution < -0.4 is 0 Å². The minimum absolute atomic E-state index is 0.0866. The van der Waals surface area contributed by atoms with Crippen LogP contribution >= 0.6 is 0 Å². The Kier molecular flexibility index (Phi) is 3.17. The summed E-state index contributed by atoms with van der Waals surface area (Å²) in [5.74, 6) is -0.493. The van der Waals surface area contributed by atoms with E-state index in [2.05, 4.69) is 6.08 Å². The number of carbonyl (C=O) groups excluding carboxylic acids is 2. The highest BCUT2D eigenvalue weighted by atomic mass is 16.5. The number of allylic oxidation sites excluding steroid dienone is 1. The Hall–Kier alpha value is -1.62. The molecule has 2 aliphatic heterocycles. The third-order valence-corrected chi connectivity index (χ3v) is 4.79. The molecule has 0 spiro atoms. The number of aliphatic hydroxyl groups excluding tert-OH is 1. The fourth-order valence-electron chi connectivity index (χ4n) is 3.87. The second-order valence-corrected chi connectivity index (χ2v) is 5.70. The second-order valence-electron chi connectivity index (χ2n) is 5.70. The van der Waals surface area contributed by atoms with Gasteiger partial charge in [0.25, 0.3) is 0 Å². The molecule has 1 amide bonds. The van der Waals surface area contributed by atoms with Crippen LogP contribution in [0.1, 0.15) is 25.7 Å². The highest BCUT2D eigenvalue weighted by molar-refractivity contribution is 5.92. The number of hydrogen-bond donors (Lipinski definition) is 1. The molecule has 1 N–H and O–H groups in total. The Labute approximate surface area is 117 Å². The largest absolute Gasteiger partial charge is 0.468 e. The van der Waals surface area contributed by atoms with Gasteiger partial charge in [0.1, 0.15) is 5.41 Å². The van der Waals surface area contributed by atoms with Crippen molar-refractivity contribution in [1.29, 1.82) is 0 Å². The number of aliphatic hydroxyl groups is 1. The molecule has 0 aromatic carbocycles. The predicted molar refractivity (Wildman–Crippen MR) is 71.6 cm³/mol. The van der Waals surface area contributed by atoms with Gasteiger partial charge >= 0.3 is 5.97 Å². The lowest BCUT2D eigenvalue weighted by molar-refractivity contribution is -0.168. The van der Waals surface area contributed by atoms with Gasteiger partial charge < -0.3 is 14.7 Å². The van der Waals surface area contributed by atoms with Crippen LogP contribution in [0.2, 0.25) is 0 Å². The van der Waals surface area contributed by atoms with Crippen molar-refractivity contribution in [1.82, 2.24) is 4.90 Å². The quantitative estimate of drug-likeness (QED) is 0.720. The van der Waals surface area contributed by atoms with Crippen LogP contribution in [0.4, 0.5) is 0 Å². The maximum absolute atomic E-state index is 12.5. The lowest BCUT2D eigenvalue weighted by Crippen LogP contribution is -2.60. The van der Waals surface area contributed by atoms with Gasteiger partial charge in [-0.3, -0.25) is 9.59 Å². The summed E-state index contributed by atoms with van der Waals surface area (Å²) in [5.41, 5.74) is -0.0716. The predicted octanol–water partition coefficient (Wildman–Crippen LogP) is 0.788. The highest BCUT2D eigenvalue weighted by Gasteiger charge is 2.58. The van der Waals surface area contributed by atoms with Crippen molar-refractivity contribution in [3.05, 3.63) is 23.8 Å². The summed E-state index contributed by atoms with van der Waals surface area (Å²) in [5, 5.41) is 10.6. The zero-order valence-electron chi connectivity index (χ0n) is 11.5. The first-order chi connectivity index (χ1) is 9.61. The molecule has 1 saturated heterocycles. The maximum Gasteiger partial charge on any atom is 0.316 e. The van der Waals surface area contributed by atoms with Crippen LogP contribution in [0, 0.1) is 5.41 Å². The molecule has 0 bridgehead atoms. The normalized spacial score (nSPS) is 36.0. The molecule has 3 atom stereocenters. The molecular weight excluding hydrogens is 258 g/mol. The molecule has 0 aromatic rings. The fourth-order valence-corrected chi connectivity index (χ4v) is 3.87. The van der Waals surface area contributed by atoms with Crippen LogP contribution in [0.15, 0.2) is 23.8 Å². The molecule has 1 aliphatic carbocycles. The second kappa shape index (κ2) is 4.74. The summed E-state index contributed by atoms with van der Waals surface area (Å²) >= 11 is 0. The maximum atomic E-state index is 12.5. The van der Waals surface area contributed by atoms with Crippen LogP contribution in [0.25, 0.3) is 0 Å². The molecule has 0 unspecified atom stereocenters. The summed E-state index contributed by atoms with van der Waals surface area (Å²) in [4.78, 5) is 26.3. The van der Waals surface area contributed by atoms with E-state index in [1.807, 2.05) is 0 Å². The molecule has 20 heavy (non-hydrogen) atoms. The lowest BCUT2D eigenvalue weighted by atomic mass is 9.65. The fraction of sp³-hybridized carbons (Fsp3) is 0.600. The van der Waals surface area contributed by atoms with Crippen molar-refractivity contribution >= 4 is 11.9 Å². The van der Waals surface area contributed by atoms with Crippen molar-refractivity contribution in [2.75, 3.05) is 13.7 Å². The van der Waals surface area contributed by atoms with Gasteiger partial charge in [0, 0.05) is 12.6 Å². The van der Waals surface area contributed by atoms with Gasteiger partial charge in [-0.05, 0) is 31.3 Å². The number of esters is 1. The number of amides is 1. The Bertz CT molecular complexity index is 510. The van der Waals surface area contributed by atoms with Gasteiger partial charge in [-0.1, -0.05) is 12.2 Å². The molecule has 1 fully saturated rings. The molecule has 2 heterocycles. The molecule has 5 heteroatoms. The number of methoxy groups -OCH3 is 1. The average Bonchev–Trinajstić information content (AvgIpc) is 2.62. The SMILES string of the molecule is COC(=O)[C@]12CCC=C3C=CC(=O)N(CCC[C@H]1O)[C@H]32. The molecule has 108 valence electrons. The summed E-state index contributed by atoms with van der Waals surface area (Å²) in [6.45, 7) is 0.570. The van der Waals surface area contributed by atoms with E-state index in [-0.39, 0.29) is 5.91 Å². The first kappa shape index (κ1) is 13.4. The number of hydrogen-bond acceptors (Lipinski definition) is 4. The summed E-state index contributed by atoms with van der Waals surface area (Å²) < 4.78 is 4.99. The Morgan fingerprint density at radius 3 is 3.05 bits per heavy atom. The molecule has 3 rings (SSSR count). The van der Waals surface area contributed by atoms with Crippen LogP contribution in [0.5, 0.6) is 0 Å². The van der Waals surface area contributed by atoms with E-state index in [1.165, 1.54) is 7.11 Å². The average molecular weight is 277 g/mol. The Morgan fingerprint density at radius 2 is 2.30 bits per heavy atom. The van der Waals surface area contributed by atoms with Crippen LogP contribution in [-0.2, 0) is 14.3 Å². The van der Waals surface area contributed by atoms with Gasteiger partial charge in [-0.15, -0.1) is 0 Å². The molecule has 0 aromatic heterocycles. The van der Waals surface area contributed by atoms with E-state index < -0.39 is 23.5 Å². The number of carbonyl (C=O) groups is 2. The summed E-state index contributed by atoms with van der Waals surface area (Å²) in [6.07, 6.45) is 7.06. The molecular formula is C15H19NO4. The summed E-state index contributed by atoms with van der Waals surface area (Å²) in [6, 6.07) is -0.390. The van der Waals surface area contributed by atoms with Gasteiger partial charge in [-0.25, -0.2) is 0 Å². The standard InChI is InChI=1S/C15H19NO4/c1-20-14(19)15-8-2-4-10-6-7-12(18)16(13(10)15)9-3-5-11(15)17/h4,6-7,11,13,17H,2-3,5,8-9H2,1H3/t11-,13-,15-/m1/s1. The van der Waals surface area contributed by atoms with Crippen molar-refractivity contribution in [3.8, 4) is 0 Å². The van der Waals surface area contributed by atoms with Crippen molar-refractivity contribution < 1.29 is 19.4 Å². The van der Waals surface area contributed by atoms with E-state index in [4.69, 9.17) is 4.74 Å².